The lowest BCUT2D eigenvalue weighted by Crippen LogP contribution is -2.21. The maximum absolute atomic E-state index is 4.65. The minimum atomic E-state index is 0.778. The molecule has 0 saturated heterocycles. The molecule has 118 valence electrons. The summed E-state index contributed by atoms with van der Waals surface area (Å²) in [5.74, 6) is 1.62. The van der Waals surface area contributed by atoms with Crippen LogP contribution in [-0.2, 0) is 0 Å². The van der Waals surface area contributed by atoms with Crippen LogP contribution >= 0.6 is 0 Å². The molecule has 1 aromatic heterocycles. The van der Waals surface area contributed by atoms with Gasteiger partial charge in [-0.25, -0.2) is 4.98 Å². The predicted octanol–water partition coefficient (Wildman–Crippen LogP) is 4.38. The third kappa shape index (κ3) is 4.20. The molecule has 0 atom stereocenters. The van der Waals surface area contributed by atoms with Crippen LogP contribution in [0.25, 0.3) is 0 Å². The molecule has 0 bridgehead atoms. The fraction of sp³-hybridized carbons (Fsp3) is 0.444. The van der Waals surface area contributed by atoms with Gasteiger partial charge in [0.1, 0.15) is 5.82 Å². The summed E-state index contributed by atoms with van der Waals surface area (Å²) >= 11 is 0. The Hall–Kier alpha value is -2.10. The summed E-state index contributed by atoms with van der Waals surface area (Å²) in [7, 11) is 2.05. The van der Waals surface area contributed by atoms with Gasteiger partial charge < -0.3 is 10.2 Å². The van der Waals surface area contributed by atoms with Gasteiger partial charge in [-0.15, -0.1) is 0 Å². The third-order valence-corrected chi connectivity index (χ3v) is 3.68. The second kappa shape index (κ2) is 7.25. The summed E-state index contributed by atoms with van der Waals surface area (Å²) < 4.78 is 0. The molecule has 22 heavy (non-hydrogen) atoms. The van der Waals surface area contributed by atoms with Gasteiger partial charge in [-0.2, -0.15) is 4.98 Å². The van der Waals surface area contributed by atoms with E-state index in [-0.39, 0.29) is 0 Å². The van der Waals surface area contributed by atoms with E-state index in [1.54, 1.807) is 0 Å². The third-order valence-electron chi connectivity index (χ3n) is 3.68. The first-order valence-electron chi connectivity index (χ1n) is 7.90. The number of aryl methyl sites for hydroxylation is 3. The Balaban J connectivity index is 2.22. The number of nitrogens with one attached hydrogen (secondary N) is 1. The van der Waals surface area contributed by atoms with E-state index in [9.17, 15) is 0 Å². The van der Waals surface area contributed by atoms with Gasteiger partial charge in [0.2, 0.25) is 5.95 Å². The van der Waals surface area contributed by atoms with Crippen LogP contribution in [0.4, 0.5) is 17.5 Å². The molecule has 0 aliphatic rings. The number of anilines is 3. The summed E-state index contributed by atoms with van der Waals surface area (Å²) in [5, 5.41) is 3.41. The van der Waals surface area contributed by atoms with Gasteiger partial charge in [0.05, 0.1) is 0 Å². The maximum atomic E-state index is 4.65. The largest absolute Gasteiger partial charge is 0.344 e. The first kappa shape index (κ1) is 16.3. The topological polar surface area (TPSA) is 41.1 Å². The number of benzene rings is 1. The van der Waals surface area contributed by atoms with Crippen molar-refractivity contribution in [2.45, 2.75) is 40.5 Å². The molecule has 0 unspecified atom stereocenters. The van der Waals surface area contributed by atoms with Crippen molar-refractivity contribution < 1.29 is 0 Å². The molecule has 1 aromatic carbocycles. The first-order chi connectivity index (χ1) is 10.5. The molecule has 4 heteroatoms. The molecule has 0 aliphatic carbocycles. The Labute approximate surface area is 133 Å². The Morgan fingerprint density at radius 3 is 2.55 bits per heavy atom. The van der Waals surface area contributed by atoms with Gasteiger partial charge in [0.25, 0.3) is 0 Å². The minimum Gasteiger partial charge on any atom is -0.344 e. The van der Waals surface area contributed by atoms with Gasteiger partial charge in [-0.3, -0.25) is 0 Å². The highest BCUT2D eigenvalue weighted by molar-refractivity contribution is 5.62. The lowest BCUT2D eigenvalue weighted by molar-refractivity contribution is 0.749. The van der Waals surface area contributed by atoms with Crippen LogP contribution in [0.1, 0.15) is 36.6 Å². The van der Waals surface area contributed by atoms with Crippen molar-refractivity contribution in [1.82, 2.24) is 9.97 Å². The van der Waals surface area contributed by atoms with Crippen LogP contribution in [0.2, 0.25) is 0 Å². The van der Waals surface area contributed by atoms with Gasteiger partial charge in [0, 0.05) is 31.0 Å². The Bertz CT molecular complexity index is 637. The second-order valence-electron chi connectivity index (χ2n) is 5.91. The van der Waals surface area contributed by atoms with Crippen molar-refractivity contribution >= 4 is 17.5 Å². The summed E-state index contributed by atoms with van der Waals surface area (Å²) in [6, 6.07) is 8.36. The fourth-order valence-corrected chi connectivity index (χ4v) is 2.37. The van der Waals surface area contributed by atoms with Crippen LogP contribution in [0.15, 0.2) is 24.3 Å². The molecule has 2 aromatic rings. The van der Waals surface area contributed by atoms with Gasteiger partial charge in [0.15, 0.2) is 0 Å². The maximum Gasteiger partial charge on any atom is 0.227 e. The van der Waals surface area contributed by atoms with Crippen molar-refractivity contribution in [3.63, 3.8) is 0 Å². The molecule has 0 saturated carbocycles. The standard InChI is InChI=1S/C18H26N4/c1-6-7-10-22(5)18-19-15(4)12-17(21-18)20-16-9-8-13(2)11-14(16)3/h8-9,11-12H,6-7,10H2,1-5H3,(H,19,20,21). The monoisotopic (exact) mass is 298 g/mol. The fourth-order valence-electron chi connectivity index (χ4n) is 2.37. The first-order valence-corrected chi connectivity index (χ1v) is 7.90. The van der Waals surface area contributed by atoms with E-state index in [0.717, 1.165) is 36.1 Å². The zero-order valence-electron chi connectivity index (χ0n) is 14.3. The molecule has 0 aliphatic heterocycles. The molecular weight excluding hydrogens is 272 g/mol. The molecule has 0 radical (unpaired) electrons. The molecule has 1 N–H and O–H groups in total. The highest BCUT2D eigenvalue weighted by atomic mass is 15.2. The van der Waals surface area contributed by atoms with Gasteiger partial charge >= 0.3 is 0 Å². The molecule has 0 fully saturated rings. The second-order valence-corrected chi connectivity index (χ2v) is 5.91. The number of nitrogens with zero attached hydrogens (tertiary/aromatic N) is 3. The van der Waals surface area contributed by atoms with Gasteiger partial charge in [-0.05, 0) is 38.8 Å². The van der Waals surface area contributed by atoms with Crippen LogP contribution in [0, 0.1) is 20.8 Å². The van der Waals surface area contributed by atoms with E-state index in [2.05, 4.69) is 59.2 Å². The summed E-state index contributed by atoms with van der Waals surface area (Å²) in [4.78, 5) is 11.3. The van der Waals surface area contributed by atoms with Crippen LogP contribution in [-0.4, -0.2) is 23.6 Å². The average Bonchev–Trinajstić information content (AvgIpc) is 2.47. The summed E-state index contributed by atoms with van der Waals surface area (Å²) in [5.41, 5.74) is 4.55. The minimum absolute atomic E-state index is 0.778. The van der Waals surface area contributed by atoms with Crippen LogP contribution in [0.3, 0.4) is 0 Å². The highest BCUT2D eigenvalue weighted by Gasteiger charge is 2.08. The normalized spacial score (nSPS) is 10.6. The van der Waals surface area contributed by atoms with Crippen LogP contribution < -0.4 is 10.2 Å². The Morgan fingerprint density at radius 2 is 1.86 bits per heavy atom. The number of unbranched alkanes of at least 4 members (excludes halogenated alkanes) is 1. The Morgan fingerprint density at radius 1 is 1.09 bits per heavy atom. The number of hydrogen-bond acceptors (Lipinski definition) is 4. The zero-order valence-corrected chi connectivity index (χ0v) is 14.3. The molecular formula is C18H26N4. The number of hydrogen-bond donors (Lipinski definition) is 1. The zero-order chi connectivity index (χ0) is 16.1. The predicted molar refractivity (Wildman–Crippen MR) is 94.1 cm³/mol. The number of aromatic nitrogens is 2. The van der Waals surface area contributed by atoms with E-state index in [0.29, 0.717) is 0 Å². The highest BCUT2D eigenvalue weighted by Crippen LogP contribution is 2.22. The van der Waals surface area contributed by atoms with Crippen LogP contribution in [0.5, 0.6) is 0 Å². The van der Waals surface area contributed by atoms with Crippen molar-refractivity contribution in [2.75, 3.05) is 23.8 Å². The molecule has 2 rings (SSSR count). The van der Waals surface area contributed by atoms with E-state index in [1.807, 2.05) is 20.0 Å². The van der Waals surface area contributed by atoms with Crippen molar-refractivity contribution in [1.29, 1.82) is 0 Å². The van der Waals surface area contributed by atoms with E-state index in [1.165, 1.54) is 17.5 Å². The van der Waals surface area contributed by atoms with E-state index in [4.69, 9.17) is 0 Å². The summed E-state index contributed by atoms with van der Waals surface area (Å²) in [6.45, 7) is 9.39. The van der Waals surface area contributed by atoms with Crippen molar-refractivity contribution in [3.8, 4) is 0 Å². The quantitative estimate of drug-likeness (QED) is 0.859. The average molecular weight is 298 g/mol. The Kier molecular flexibility index (Phi) is 5.36. The molecule has 0 amide bonds. The van der Waals surface area contributed by atoms with Crippen molar-refractivity contribution in [3.05, 3.63) is 41.1 Å². The molecule has 4 nitrogen and oxygen atoms in total. The molecule has 1 heterocycles. The van der Waals surface area contributed by atoms with Crippen molar-refractivity contribution in [2.24, 2.45) is 0 Å². The molecule has 0 spiro atoms. The smallest absolute Gasteiger partial charge is 0.227 e. The summed E-state index contributed by atoms with van der Waals surface area (Å²) in [6.07, 6.45) is 2.32. The number of rotatable bonds is 6. The SMILES string of the molecule is CCCCN(C)c1nc(C)cc(Nc2ccc(C)cc2C)n1. The van der Waals surface area contributed by atoms with Gasteiger partial charge in [-0.1, -0.05) is 31.0 Å². The van der Waals surface area contributed by atoms with E-state index >= 15 is 0 Å². The van der Waals surface area contributed by atoms with E-state index < -0.39 is 0 Å². The lowest BCUT2D eigenvalue weighted by atomic mass is 10.1. The lowest BCUT2D eigenvalue weighted by Gasteiger charge is -2.18.